The average Bonchev–Trinajstić information content (AvgIpc) is 1.63. The van der Waals surface area contributed by atoms with Crippen LogP contribution in [0, 0.1) is 5.41 Å². The first-order valence-electron chi connectivity index (χ1n) is 2.53. The fraction of sp³-hybridized carbons (Fsp3) is 0.333. The third-order valence-corrected chi connectivity index (χ3v) is 0.956. The zero-order valence-corrected chi connectivity index (χ0v) is 7.64. The lowest BCUT2D eigenvalue weighted by molar-refractivity contribution is 1.32. The normalized spacial score (nSPS) is 12.6. The fourth-order valence-electron chi connectivity index (χ4n) is 0.428. The minimum atomic E-state index is 0.537. The van der Waals surface area contributed by atoms with Crippen molar-refractivity contribution in [1.82, 2.24) is 0 Å². The van der Waals surface area contributed by atoms with Crippen molar-refractivity contribution in [2.45, 2.75) is 13.8 Å². The summed E-state index contributed by atoms with van der Waals surface area (Å²) in [5.74, 6) is 0. The number of hydrogen-bond donors (Lipinski definition) is 1. The van der Waals surface area contributed by atoms with E-state index < -0.39 is 0 Å². The van der Waals surface area contributed by atoms with Crippen LogP contribution in [0.2, 0.25) is 0 Å². The van der Waals surface area contributed by atoms with Crippen molar-refractivity contribution in [3.63, 3.8) is 0 Å². The van der Waals surface area contributed by atoms with Crippen molar-refractivity contribution in [3.05, 3.63) is 11.8 Å². The second-order valence-corrected chi connectivity index (χ2v) is 2.25. The van der Waals surface area contributed by atoms with Gasteiger partial charge in [-0.2, -0.15) is 0 Å². The number of aliphatic imine (C=N–C) groups is 1. The first-order valence-corrected chi connectivity index (χ1v) is 3.77. The predicted molar refractivity (Wildman–Crippen MR) is 49.7 cm³/mol. The molecule has 0 amide bonds. The molecule has 0 aliphatic heterocycles. The molecule has 9 heavy (non-hydrogen) atoms. The Morgan fingerprint density at radius 3 is 2.44 bits per heavy atom. The van der Waals surface area contributed by atoms with Crippen LogP contribution in [-0.2, 0) is 0 Å². The Bertz CT molecular complexity index is 158. The average molecular weight is 236 g/mol. The van der Waals surface area contributed by atoms with Crippen LogP contribution in [0.15, 0.2) is 16.8 Å². The van der Waals surface area contributed by atoms with Crippen LogP contribution in [0.4, 0.5) is 0 Å². The van der Waals surface area contributed by atoms with Crippen molar-refractivity contribution < 1.29 is 0 Å². The molecule has 0 saturated heterocycles. The maximum atomic E-state index is 7.05. The molecule has 0 aliphatic carbocycles. The Morgan fingerprint density at radius 1 is 1.56 bits per heavy atom. The highest BCUT2D eigenvalue weighted by atomic mass is 127. The summed E-state index contributed by atoms with van der Waals surface area (Å²) < 4.78 is 1.69. The van der Waals surface area contributed by atoms with E-state index in [-0.39, 0.29) is 0 Å². The summed E-state index contributed by atoms with van der Waals surface area (Å²) in [6.07, 6.45) is 1.72. The highest BCUT2D eigenvalue weighted by Crippen LogP contribution is 1.94. The van der Waals surface area contributed by atoms with Gasteiger partial charge in [-0.25, -0.2) is 0 Å². The van der Waals surface area contributed by atoms with Gasteiger partial charge in [0.15, 0.2) is 0 Å². The summed E-state index contributed by atoms with van der Waals surface area (Å²) in [4.78, 5) is 3.95. The molecule has 0 atom stereocenters. The van der Waals surface area contributed by atoms with Crippen LogP contribution in [0.5, 0.6) is 0 Å². The minimum Gasteiger partial charge on any atom is -0.306 e. The first-order chi connectivity index (χ1) is 4.16. The van der Waals surface area contributed by atoms with Gasteiger partial charge < -0.3 is 5.41 Å². The second-order valence-electron chi connectivity index (χ2n) is 1.70. The molecule has 1 N–H and O–H groups in total. The zero-order chi connectivity index (χ0) is 7.28. The van der Waals surface area contributed by atoms with Gasteiger partial charge in [-0.3, -0.25) is 4.99 Å². The molecule has 0 heterocycles. The summed E-state index contributed by atoms with van der Waals surface area (Å²) in [5.41, 5.74) is 1.41. The molecule has 0 aromatic heterocycles. The van der Waals surface area contributed by atoms with Crippen LogP contribution >= 0.6 is 22.6 Å². The SMILES string of the molecule is CC(=N)C=C(C)N=CI. The van der Waals surface area contributed by atoms with Gasteiger partial charge in [0.2, 0.25) is 0 Å². The van der Waals surface area contributed by atoms with Crippen LogP contribution in [-0.4, -0.2) is 9.93 Å². The van der Waals surface area contributed by atoms with E-state index in [9.17, 15) is 0 Å². The van der Waals surface area contributed by atoms with Crippen molar-refractivity contribution in [2.75, 3.05) is 0 Å². The molecule has 0 bridgehead atoms. The number of allylic oxidation sites excluding steroid dienone is 2. The molecule has 0 aromatic carbocycles. The molecule has 3 heteroatoms. The molecule has 0 radical (unpaired) electrons. The molecule has 0 unspecified atom stereocenters. The molecule has 0 aliphatic rings. The van der Waals surface area contributed by atoms with Crippen LogP contribution in [0.25, 0.3) is 0 Å². The van der Waals surface area contributed by atoms with Gasteiger partial charge in [0.1, 0.15) is 0 Å². The molecule has 0 fully saturated rings. The van der Waals surface area contributed by atoms with E-state index in [1.165, 1.54) is 0 Å². The monoisotopic (exact) mass is 236 g/mol. The van der Waals surface area contributed by atoms with Crippen molar-refractivity contribution >= 4 is 32.5 Å². The summed E-state index contributed by atoms with van der Waals surface area (Å²) >= 11 is 2.05. The van der Waals surface area contributed by atoms with Crippen LogP contribution < -0.4 is 0 Å². The lowest BCUT2D eigenvalue weighted by Crippen LogP contribution is -1.80. The summed E-state index contributed by atoms with van der Waals surface area (Å²) in [6.45, 7) is 3.60. The van der Waals surface area contributed by atoms with E-state index in [4.69, 9.17) is 5.41 Å². The summed E-state index contributed by atoms with van der Waals surface area (Å²) in [7, 11) is 0. The third-order valence-electron chi connectivity index (χ3n) is 0.678. The largest absolute Gasteiger partial charge is 0.306 e. The molecular formula is C6H9IN2. The van der Waals surface area contributed by atoms with Crippen molar-refractivity contribution in [1.29, 1.82) is 5.41 Å². The van der Waals surface area contributed by atoms with E-state index in [0.717, 1.165) is 5.70 Å². The maximum Gasteiger partial charge on any atom is 0.0654 e. The summed E-state index contributed by atoms with van der Waals surface area (Å²) in [5, 5.41) is 7.05. The van der Waals surface area contributed by atoms with Gasteiger partial charge in [-0.15, -0.1) is 0 Å². The van der Waals surface area contributed by atoms with E-state index in [0.29, 0.717) is 5.71 Å². The molecule has 0 aromatic rings. The molecule has 0 rings (SSSR count). The maximum absolute atomic E-state index is 7.05. The number of nitrogens with one attached hydrogen (secondary N) is 1. The minimum absolute atomic E-state index is 0.537. The van der Waals surface area contributed by atoms with Gasteiger partial charge in [0.25, 0.3) is 0 Å². The number of rotatable bonds is 2. The quantitative estimate of drug-likeness (QED) is 0.564. The van der Waals surface area contributed by atoms with Gasteiger partial charge >= 0.3 is 0 Å². The lowest BCUT2D eigenvalue weighted by atomic mass is 10.3. The predicted octanol–water partition coefficient (Wildman–Crippen LogP) is 2.39. The topological polar surface area (TPSA) is 36.2 Å². The lowest BCUT2D eigenvalue weighted by Gasteiger charge is -1.87. The number of halogens is 1. The van der Waals surface area contributed by atoms with E-state index in [2.05, 4.69) is 4.99 Å². The standard InChI is InChI=1S/C6H9IN2/c1-5(8)3-6(2)9-4-7/h3-4,8H,1-2H3. The van der Waals surface area contributed by atoms with Crippen LogP contribution in [0.3, 0.4) is 0 Å². The highest BCUT2D eigenvalue weighted by Gasteiger charge is 1.81. The van der Waals surface area contributed by atoms with E-state index >= 15 is 0 Å². The Labute approximate surface area is 68.7 Å². The Balaban J connectivity index is 4.00. The summed E-state index contributed by atoms with van der Waals surface area (Å²) in [6, 6.07) is 0. The fourth-order valence-corrected chi connectivity index (χ4v) is 0.867. The third kappa shape index (κ3) is 5.68. The smallest absolute Gasteiger partial charge is 0.0654 e. The molecular weight excluding hydrogens is 227 g/mol. The molecule has 0 saturated carbocycles. The van der Waals surface area contributed by atoms with E-state index in [1.54, 1.807) is 17.2 Å². The van der Waals surface area contributed by atoms with Gasteiger partial charge in [-0.1, -0.05) is 0 Å². The van der Waals surface area contributed by atoms with Gasteiger partial charge in [0.05, 0.1) is 4.22 Å². The highest BCUT2D eigenvalue weighted by molar-refractivity contribution is 14.1. The molecule has 2 nitrogen and oxygen atoms in total. The zero-order valence-electron chi connectivity index (χ0n) is 5.48. The van der Waals surface area contributed by atoms with Crippen molar-refractivity contribution in [3.8, 4) is 0 Å². The Morgan fingerprint density at radius 2 is 2.11 bits per heavy atom. The molecule has 0 spiro atoms. The number of nitrogens with zero attached hydrogens (tertiary/aromatic N) is 1. The first kappa shape index (κ1) is 8.81. The number of hydrogen-bond acceptors (Lipinski definition) is 2. The van der Waals surface area contributed by atoms with Crippen molar-refractivity contribution in [2.24, 2.45) is 4.99 Å². The van der Waals surface area contributed by atoms with Gasteiger partial charge in [-0.05, 0) is 42.5 Å². The van der Waals surface area contributed by atoms with Gasteiger partial charge in [0, 0.05) is 11.4 Å². The van der Waals surface area contributed by atoms with E-state index in [1.807, 2.05) is 29.5 Å². The Kier molecular flexibility index (Phi) is 4.57. The van der Waals surface area contributed by atoms with Crippen LogP contribution in [0.1, 0.15) is 13.8 Å². The molecule has 50 valence electrons. The Hall–Kier alpha value is -0.190. The second kappa shape index (κ2) is 4.67.